The average molecular weight is 309 g/mol. The third-order valence-corrected chi connectivity index (χ3v) is 4.21. The van der Waals surface area contributed by atoms with Gasteiger partial charge in [0.25, 0.3) is 0 Å². The van der Waals surface area contributed by atoms with Gasteiger partial charge in [0.1, 0.15) is 5.82 Å². The molecule has 0 aromatic carbocycles. The van der Waals surface area contributed by atoms with Gasteiger partial charge in [0, 0.05) is 31.2 Å². The Labute approximate surface area is 126 Å². The van der Waals surface area contributed by atoms with Crippen LogP contribution >= 0.6 is 11.3 Å². The number of aromatic nitrogens is 4. The summed E-state index contributed by atoms with van der Waals surface area (Å²) in [6.45, 7) is 4.70. The zero-order valence-corrected chi connectivity index (χ0v) is 13.2. The molecule has 0 saturated carbocycles. The van der Waals surface area contributed by atoms with Crippen LogP contribution in [-0.2, 0) is 17.8 Å². The molecule has 0 bridgehead atoms. The molecule has 0 aliphatic heterocycles. The van der Waals surface area contributed by atoms with Crippen molar-refractivity contribution in [3.05, 3.63) is 32.4 Å². The lowest BCUT2D eigenvalue weighted by molar-refractivity contribution is -0.130. The molecule has 0 aliphatic carbocycles. The second-order valence-corrected chi connectivity index (χ2v) is 6.10. The molecule has 0 atom stereocenters. The van der Waals surface area contributed by atoms with E-state index in [9.17, 15) is 9.59 Å². The second-order valence-electron chi connectivity index (χ2n) is 5.21. The van der Waals surface area contributed by atoms with Crippen molar-refractivity contribution in [2.24, 2.45) is 0 Å². The zero-order chi connectivity index (χ0) is 15.4. The fourth-order valence-electron chi connectivity index (χ4n) is 1.83. The van der Waals surface area contributed by atoms with E-state index in [0.717, 1.165) is 10.7 Å². The van der Waals surface area contributed by atoms with E-state index in [-0.39, 0.29) is 11.6 Å². The topological polar surface area (TPSA) is 94.7 Å². The fourth-order valence-corrected chi connectivity index (χ4v) is 2.66. The summed E-state index contributed by atoms with van der Waals surface area (Å²) in [7, 11) is 1.75. The first-order valence-electron chi connectivity index (χ1n) is 6.77. The minimum absolute atomic E-state index is 0.00190. The standard InChI is InChI=1S/C13H19N5O2S/c1-8(2)12-14-9(7-21-12)6-18(3)11(19)5-4-10-15-13(20)17-16-10/h7-8H,4-6H2,1-3H3,(H2,15,16,17,20). The van der Waals surface area contributed by atoms with Gasteiger partial charge in [0.15, 0.2) is 0 Å². The highest BCUT2D eigenvalue weighted by Crippen LogP contribution is 2.19. The predicted molar refractivity (Wildman–Crippen MR) is 80.2 cm³/mol. The molecule has 2 aromatic rings. The summed E-state index contributed by atoms with van der Waals surface area (Å²) < 4.78 is 0. The molecule has 7 nitrogen and oxygen atoms in total. The Bertz CT molecular complexity index is 657. The quantitative estimate of drug-likeness (QED) is 0.840. The van der Waals surface area contributed by atoms with Crippen LogP contribution in [0.5, 0.6) is 0 Å². The van der Waals surface area contributed by atoms with Crippen molar-refractivity contribution in [2.45, 2.75) is 39.2 Å². The zero-order valence-electron chi connectivity index (χ0n) is 12.3. The first kappa shape index (κ1) is 15.4. The van der Waals surface area contributed by atoms with Crippen molar-refractivity contribution >= 4 is 17.2 Å². The van der Waals surface area contributed by atoms with Gasteiger partial charge in [-0.05, 0) is 0 Å². The summed E-state index contributed by atoms with van der Waals surface area (Å²) >= 11 is 1.62. The van der Waals surface area contributed by atoms with Crippen molar-refractivity contribution in [3.63, 3.8) is 0 Å². The Hall–Kier alpha value is -1.96. The summed E-state index contributed by atoms with van der Waals surface area (Å²) in [6.07, 6.45) is 0.717. The molecule has 8 heteroatoms. The largest absolute Gasteiger partial charge is 0.340 e. The van der Waals surface area contributed by atoms with Gasteiger partial charge in [0.05, 0.1) is 17.2 Å². The monoisotopic (exact) mass is 309 g/mol. The number of aromatic amines is 2. The molecule has 0 fully saturated rings. The third kappa shape index (κ3) is 4.25. The molecule has 1 amide bonds. The molecule has 0 aliphatic rings. The highest BCUT2D eigenvalue weighted by atomic mass is 32.1. The number of nitrogens with zero attached hydrogens (tertiary/aromatic N) is 3. The van der Waals surface area contributed by atoms with E-state index < -0.39 is 0 Å². The Morgan fingerprint density at radius 3 is 2.81 bits per heavy atom. The number of rotatable bonds is 6. The minimum Gasteiger partial charge on any atom is -0.340 e. The molecule has 0 spiro atoms. The Morgan fingerprint density at radius 2 is 2.24 bits per heavy atom. The van der Waals surface area contributed by atoms with Gasteiger partial charge in [-0.3, -0.25) is 9.78 Å². The van der Waals surface area contributed by atoms with E-state index in [0.29, 0.717) is 31.1 Å². The van der Waals surface area contributed by atoms with Crippen LogP contribution in [0.2, 0.25) is 0 Å². The molecule has 114 valence electrons. The van der Waals surface area contributed by atoms with Gasteiger partial charge in [-0.1, -0.05) is 13.8 Å². The van der Waals surface area contributed by atoms with E-state index in [1.807, 2.05) is 5.38 Å². The van der Waals surface area contributed by atoms with Crippen LogP contribution in [0, 0.1) is 0 Å². The van der Waals surface area contributed by atoms with Crippen molar-refractivity contribution in [3.8, 4) is 0 Å². The number of amides is 1. The summed E-state index contributed by atoms with van der Waals surface area (Å²) in [6, 6.07) is 0. The van der Waals surface area contributed by atoms with Crippen molar-refractivity contribution in [2.75, 3.05) is 7.05 Å². The number of nitrogens with one attached hydrogen (secondary N) is 2. The van der Waals surface area contributed by atoms with Crippen LogP contribution < -0.4 is 5.69 Å². The van der Waals surface area contributed by atoms with Crippen LogP contribution in [0.4, 0.5) is 0 Å². The van der Waals surface area contributed by atoms with Gasteiger partial charge >= 0.3 is 5.69 Å². The van der Waals surface area contributed by atoms with E-state index in [2.05, 4.69) is 34.0 Å². The normalized spacial score (nSPS) is 11.0. The Kier molecular flexibility index (Phi) is 4.89. The lowest BCUT2D eigenvalue weighted by atomic mass is 10.2. The minimum atomic E-state index is -0.352. The van der Waals surface area contributed by atoms with Crippen molar-refractivity contribution in [1.82, 2.24) is 25.1 Å². The van der Waals surface area contributed by atoms with E-state index in [1.165, 1.54) is 0 Å². The predicted octanol–water partition coefficient (Wildman–Crippen LogP) is 1.27. The number of H-pyrrole nitrogens is 2. The van der Waals surface area contributed by atoms with Crippen LogP contribution in [0.1, 0.15) is 42.7 Å². The highest BCUT2D eigenvalue weighted by molar-refractivity contribution is 7.09. The molecule has 2 aromatic heterocycles. The van der Waals surface area contributed by atoms with Gasteiger partial charge in [-0.25, -0.2) is 14.9 Å². The van der Waals surface area contributed by atoms with Crippen LogP contribution in [-0.4, -0.2) is 38.0 Å². The molecule has 2 N–H and O–H groups in total. The molecule has 0 unspecified atom stereocenters. The summed E-state index contributed by atoms with van der Waals surface area (Å²) in [5.41, 5.74) is 0.558. The number of carbonyl (C=O) groups is 1. The molecule has 21 heavy (non-hydrogen) atoms. The van der Waals surface area contributed by atoms with Gasteiger partial charge in [-0.2, -0.15) is 5.10 Å². The molecule has 0 radical (unpaired) electrons. The molecular formula is C13H19N5O2S. The maximum atomic E-state index is 12.0. The lowest BCUT2D eigenvalue weighted by Gasteiger charge is -2.15. The lowest BCUT2D eigenvalue weighted by Crippen LogP contribution is -2.26. The molecule has 2 heterocycles. The first-order valence-corrected chi connectivity index (χ1v) is 7.65. The Morgan fingerprint density at radius 1 is 1.48 bits per heavy atom. The third-order valence-electron chi connectivity index (χ3n) is 3.01. The molecule has 0 saturated heterocycles. The van der Waals surface area contributed by atoms with Gasteiger partial charge in [0.2, 0.25) is 5.91 Å². The second kappa shape index (κ2) is 6.66. The molecule has 2 rings (SSSR count). The first-order chi connectivity index (χ1) is 9.95. The number of carbonyl (C=O) groups excluding carboxylic acids is 1. The van der Waals surface area contributed by atoms with Gasteiger partial charge in [-0.15, -0.1) is 11.3 Å². The maximum absolute atomic E-state index is 12.0. The SMILES string of the molecule is CC(C)c1nc(CN(C)C(=O)CCc2n[nH]c(=O)[nH]2)cs1. The Balaban J connectivity index is 1.85. The summed E-state index contributed by atoms with van der Waals surface area (Å²) in [5, 5.41) is 9.13. The highest BCUT2D eigenvalue weighted by Gasteiger charge is 2.13. The summed E-state index contributed by atoms with van der Waals surface area (Å²) in [5.74, 6) is 0.900. The van der Waals surface area contributed by atoms with Crippen LogP contribution in [0.25, 0.3) is 0 Å². The molecular weight excluding hydrogens is 290 g/mol. The average Bonchev–Trinajstić information content (AvgIpc) is 3.05. The van der Waals surface area contributed by atoms with Crippen molar-refractivity contribution < 1.29 is 4.79 Å². The van der Waals surface area contributed by atoms with E-state index in [1.54, 1.807) is 23.3 Å². The maximum Gasteiger partial charge on any atom is 0.340 e. The fraction of sp³-hybridized carbons (Fsp3) is 0.538. The van der Waals surface area contributed by atoms with Gasteiger partial charge < -0.3 is 4.90 Å². The van der Waals surface area contributed by atoms with Crippen LogP contribution in [0.3, 0.4) is 0 Å². The van der Waals surface area contributed by atoms with E-state index >= 15 is 0 Å². The number of hydrogen-bond acceptors (Lipinski definition) is 5. The van der Waals surface area contributed by atoms with E-state index in [4.69, 9.17) is 0 Å². The van der Waals surface area contributed by atoms with Crippen molar-refractivity contribution in [1.29, 1.82) is 0 Å². The summed E-state index contributed by atoms with van der Waals surface area (Å²) in [4.78, 5) is 31.6. The number of thiazole rings is 1. The smallest absolute Gasteiger partial charge is 0.340 e. The number of hydrogen-bond donors (Lipinski definition) is 2. The number of aryl methyl sites for hydroxylation is 1. The van der Waals surface area contributed by atoms with Crippen LogP contribution in [0.15, 0.2) is 10.2 Å².